The highest BCUT2D eigenvalue weighted by Gasteiger charge is 2.22. The number of furan rings is 1. The van der Waals surface area contributed by atoms with Gasteiger partial charge < -0.3 is 20.8 Å². The predicted molar refractivity (Wildman–Crippen MR) is 81.6 cm³/mol. The minimum absolute atomic E-state index is 0.0745. The van der Waals surface area contributed by atoms with Crippen LogP contribution in [0.2, 0.25) is 0 Å². The summed E-state index contributed by atoms with van der Waals surface area (Å²) in [6, 6.07) is 2.75. The van der Waals surface area contributed by atoms with Gasteiger partial charge in [-0.05, 0) is 24.1 Å². The van der Waals surface area contributed by atoms with E-state index < -0.39 is 17.9 Å². The molecule has 1 rings (SSSR count). The van der Waals surface area contributed by atoms with Crippen LogP contribution >= 0.6 is 0 Å². The number of ketones is 1. The molecule has 120 valence electrons. The Hall–Kier alpha value is -2.41. The predicted octanol–water partition coefficient (Wildman–Crippen LogP) is 0.0776. The van der Waals surface area contributed by atoms with E-state index in [-0.39, 0.29) is 24.8 Å². The van der Waals surface area contributed by atoms with Crippen LogP contribution in [0.3, 0.4) is 0 Å². The highest BCUT2D eigenvalue weighted by molar-refractivity contribution is 5.95. The van der Waals surface area contributed by atoms with Crippen LogP contribution in [0, 0.1) is 5.92 Å². The third-order valence-electron chi connectivity index (χ3n) is 2.90. The van der Waals surface area contributed by atoms with Gasteiger partial charge in [-0.15, -0.1) is 0 Å². The summed E-state index contributed by atoms with van der Waals surface area (Å²) < 4.78 is 5.03. The molecule has 22 heavy (non-hydrogen) atoms. The molecule has 7 heteroatoms. The van der Waals surface area contributed by atoms with Crippen LogP contribution in [0.5, 0.6) is 0 Å². The molecule has 0 fully saturated rings. The Morgan fingerprint density at radius 2 is 2.09 bits per heavy atom. The molecule has 0 aliphatic heterocycles. The summed E-state index contributed by atoms with van der Waals surface area (Å²) in [5.41, 5.74) is 5.31. The lowest BCUT2D eigenvalue weighted by Gasteiger charge is -2.20. The molecule has 0 aliphatic carbocycles. The highest BCUT2D eigenvalue weighted by Crippen LogP contribution is 2.03. The van der Waals surface area contributed by atoms with E-state index in [1.54, 1.807) is 12.1 Å². The largest absolute Gasteiger partial charge is 0.465 e. The molecule has 0 unspecified atom stereocenters. The molecule has 0 aliphatic rings. The number of rotatable bonds is 8. The third-order valence-corrected chi connectivity index (χ3v) is 2.90. The number of carbonyl (C=O) groups excluding carboxylic acids is 3. The number of hydrogen-bond donors (Lipinski definition) is 3. The maximum absolute atomic E-state index is 11.8. The Morgan fingerprint density at radius 3 is 2.64 bits per heavy atom. The summed E-state index contributed by atoms with van der Waals surface area (Å²) in [5, 5.41) is 4.99. The van der Waals surface area contributed by atoms with Gasteiger partial charge in [0, 0.05) is 6.08 Å². The van der Waals surface area contributed by atoms with E-state index in [1.165, 1.54) is 18.4 Å². The van der Waals surface area contributed by atoms with Crippen LogP contribution in [0.25, 0.3) is 6.08 Å². The second-order valence-corrected chi connectivity index (χ2v) is 5.03. The van der Waals surface area contributed by atoms with Gasteiger partial charge in [0.15, 0.2) is 5.78 Å². The van der Waals surface area contributed by atoms with Crippen LogP contribution < -0.4 is 16.4 Å². The quantitative estimate of drug-likeness (QED) is 0.588. The molecular weight excluding hydrogens is 286 g/mol. The molecule has 0 saturated heterocycles. The maximum atomic E-state index is 11.8. The van der Waals surface area contributed by atoms with Crippen molar-refractivity contribution in [3.8, 4) is 0 Å². The lowest BCUT2D eigenvalue weighted by molar-refractivity contribution is -0.128. The molecule has 0 saturated carbocycles. The first-order valence-electron chi connectivity index (χ1n) is 6.95. The minimum Gasteiger partial charge on any atom is -0.465 e. The number of amides is 2. The second kappa shape index (κ2) is 8.78. The van der Waals surface area contributed by atoms with Crippen molar-refractivity contribution in [3.05, 3.63) is 30.2 Å². The second-order valence-electron chi connectivity index (χ2n) is 5.03. The molecule has 7 nitrogen and oxygen atoms in total. The third kappa shape index (κ3) is 5.92. The average molecular weight is 307 g/mol. The van der Waals surface area contributed by atoms with Crippen molar-refractivity contribution in [2.24, 2.45) is 11.7 Å². The van der Waals surface area contributed by atoms with Crippen molar-refractivity contribution in [3.63, 3.8) is 0 Å². The Morgan fingerprint density at radius 1 is 1.36 bits per heavy atom. The van der Waals surface area contributed by atoms with Crippen LogP contribution in [0.15, 0.2) is 28.9 Å². The van der Waals surface area contributed by atoms with Crippen LogP contribution in [0.1, 0.15) is 19.6 Å². The van der Waals surface area contributed by atoms with Crippen LogP contribution in [-0.4, -0.2) is 36.7 Å². The molecule has 0 bridgehead atoms. The normalized spacial score (nSPS) is 12.4. The van der Waals surface area contributed by atoms with E-state index in [9.17, 15) is 14.4 Å². The summed E-state index contributed by atoms with van der Waals surface area (Å²) >= 11 is 0. The zero-order valence-corrected chi connectivity index (χ0v) is 12.7. The fraction of sp³-hybridized carbons (Fsp3) is 0.400. The van der Waals surface area contributed by atoms with Gasteiger partial charge in [-0.2, -0.15) is 0 Å². The topological polar surface area (TPSA) is 114 Å². The van der Waals surface area contributed by atoms with E-state index >= 15 is 0 Å². The summed E-state index contributed by atoms with van der Waals surface area (Å²) in [7, 11) is 0. The lowest BCUT2D eigenvalue weighted by Crippen LogP contribution is -2.49. The Labute approximate surface area is 128 Å². The van der Waals surface area contributed by atoms with Crippen molar-refractivity contribution < 1.29 is 18.8 Å². The first kappa shape index (κ1) is 17.6. The molecule has 0 aromatic carbocycles. The summed E-state index contributed by atoms with van der Waals surface area (Å²) in [4.78, 5) is 34.9. The SMILES string of the molecule is CC(C)[C@@H](NC(=O)CNC(=O)/C=C/c1ccco1)C(=O)CN. The molecule has 1 atom stereocenters. The number of carbonyl (C=O) groups is 3. The molecule has 2 amide bonds. The van der Waals surface area contributed by atoms with Gasteiger partial charge >= 0.3 is 0 Å². The van der Waals surface area contributed by atoms with E-state index in [2.05, 4.69) is 10.6 Å². The first-order chi connectivity index (χ1) is 10.4. The van der Waals surface area contributed by atoms with E-state index in [4.69, 9.17) is 10.2 Å². The molecule has 4 N–H and O–H groups in total. The van der Waals surface area contributed by atoms with Gasteiger partial charge in [-0.1, -0.05) is 13.8 Å². The van der Waals surface area contributed by atoms with Crippen LogP contribution in [0.4, 0.5) is 0 Å². The summed E-state index contributed by atoms with van der Waals surface area (Å²) in [5.74, 6) is -0.659. The zero-order chi connectivity index (χ0) is 16.5. The van der Waals surface area contributed by atoms with E-state index in [1.807, 2.05) is 13.8 Å². The average Bonchev–Trinajstić information content (AvgIpc) is 3.00. The monoisotopic (exact) mass is 307 g/mol. The molecular formula is C15H21N3O4. The highest BCUT2D eigenvalue weighted by atomic mass is 16.3. The van der Waals surface area contributed by atoms with Gasteiger partial charge in [-0.25, -0.2) is 0 Å². The van der Waals surface area contributed by atoms with Gasteiger partial charge in [0.1, 0.15) is 5.76 Å². The number of Topliss-reactive ketones (excluding diaryl/α,β-unsaturated/α-hetero) is 1. The van der Waals surface area contributed by atoms with E-state index in [0.29, 0.717) is 5.76 Å². The van der Waals surface area contributed by atoms with Crippen molar-refractivity contribution in [2.75, 3.05) is 13.1 Å². The van der Waals surface area contributed by atoms with Crippen LogP contribution in [-0.2, 0) is 14.4 Å². The number of hydrogen-bond acceptors (Lipinski definition) is 5. The van der Waals surface area contributed by atoms with Gasteiger partial charge in [0.2, 0.25) is 11.8 Å². The zero-order valence-electron chi connectivity index (χ0n) is 12.7. The van der Waals surface area contributed by atoms with Gasteiger partial charge in [-0.3, -0.25) is 14.4 Å². The van der Waals surface area contributed by atoms with Crippen molar-refractivity contribution in [1.29, 1.82) is 0 Å². The van der Waals surface area contributed by atoms with Crippen molar-refractivity contribution in [1.82, 2.24) is 10.6 Å². The van der Waals surface area contributed by atoms with Gasteiger partial charge in [0.05, 0.1) is 25.4 Å². The summed E-state index contributed by atoms with van der Waals surface area (Å²) in [6.45, 7) is 3.26. The van der Waals surface area contributed by atoms with Crippen molar-refractivity contribution >= 4 is 23.7 Å². The standard InChI is InChI=1S/C15H21N3O4/c1-10(2)15(12(19)8-16)18-14(21)9-17-13(20)6-5-11-4-3-7-22-11/h3-7,10,15H,8-9,16H2,1-2H3,(H,17,20)(H,18,21)/b6-5+/t15-/m1/s1. The number of nitrogens with one attached hydrogen (secondary N) is 2. The van der Waals surface area contributed by atoms with Crippen molar-refractivity contribution in [2.45, 2.75) is 19.9 Å². The smallest absolute Gasteiger partial charge is 0.244 e. The minimum atomic E-state index is -0.645. The Bertz CT molecular complexity index is 535. The molecule has 1 aromatic rings. The maximum Gasteiger partial charge on any atom is 0.244 e. The fourth-order valence-corrected chi connectivity index (χ4v) is 1.74. The van der Waals surface area contributed by atoms with E-state index in [0.717, 1.165) is 0 Å². The Balaban J connectivity index is 2.41. The molecule has 0 radical (unpaired) electrons. The fourth-order valence-electron chi connectivity index (χ4n) is 1.74. The molecule has 1 aromatic heterocycles. The first-order valence-corrected chi connectivity index (χ1v) is 6.95. The lowest BCUT2D eigenvalue weighted by atomic mass is 10.00. The Kier molecular flexibility index (Phi) is 7.04. The summed E-state index contributed by atoms with van der Waals surface area (Å²) in [6.07, 6.45) is 4.24. The van der Waals surface area contributed by atoms with Gasteiger partial charge in [0.25, 0.3) is 0 Å². The molecule has 1 heterocycles. The molecule has 0 spiro atoms. The number of nitrogens with two attached hydrogens (primary N) is 1.